The third-order valence-corrected chi connectivity index (χ3v) is 6.72. The van der Waals surface area contributed by atoms with Crippen molar-refractivity contribution < 1.29 is 14.1 Å². The summed E-state index contributed by atoms with van der Waals surface area (Å²) in [6.07, 6.45) is 5.04. The fraction of sp³-hybridized carbons (Fsp3) is 0.556. The van der Waals surface area contributed by atoms with E-state index < -0.39 is 0 Å². The van der Waals surface area contributed by atoms with Crippen LogP contribution in [0.1, 0.15) is 19.8 Å². The maximum atomic E-state index is 14.9. The van der Waals surface area contributed by atoms with Crippen LogP contribution in [0.5, 0.6) is 0 Å². The molecule has 4 unspecified atom stereocenters. The van der Waals surface area contributed by atoms with Gasteiger partial charge in [0.05, 0.1) is 17.6 Å². The molecule has 0 spiro atoms. The minimum Gasteiger partial charge on any atom is -0.369 e. The molecule has 3 aliphatic rings. The summed E-state index contributed by atoms with van der Waals surface area (Å²) in [5.74, 6) is 0.976. The van der Waals surface area contributed by atoms with Crippen molar-refractivity contribution in [1.82, 2.24) is 0 Å². The fourth-order valence-corrected chi connectivity index (χ4v) is 5.62. The van der Waals surface area contributed by atoms with Crippen LogP contribution in [0.3, 0.4) is 0 Å². The first-order valence-corrected chi connectivity index (χ1v) is 10.1. The van der Waals surface area contributed by atoms with Gasteiger partial charge in [0.1, 0.15) is 24.7 Å². The Morgan fingerprint density at radius 2 is 2.35 bits per heavy atom. The van der Waals surface area contributed by atoms with Crippen molar-refractivity contribution in [2.24, 2.45) is 10.7 Å². The molecule has 8 heteroatoms. The molecule has 4 atom stereocenters. The predicted octanol–water partition coefficient (Wildman–Crippen LogP) is 0.515. The summed E-state index contributed by atoms with van der Waals surface area (Å²) in [6.45, 7) is 3.33. The molecule has 6 nitrogen and oxygen atoms in total. The summed E-state index contributed by atoms with van der Waals surface area (Å²) in [7, 11) is 0. The van der Waals surface area contributed by atoms with Crippen LogP contribution in [0.15, 0.2) is 23.2 Å². The lowest BCUT2D eigenvalue weighted by molar-refractivity contribution is -0.464. The number of halogens is 1. The van der Waals surface area contributed by atoms with Gasteiger partial charge in [-0.3, -0.25) is 4.99 Å². The Morgan fingerprint density at radius 3 is 3.00 bits per heavy atom. The molecule has 0 saturated carbocycles. The number of thioether (sulfide) groups is 1. The number of anilines is 2. The first-order valence-electron chi connectivity index (χ1n) is 9.07. The fourth-order valence-electron chi connectivity index (χ4n) is 4.10. The van der Waals surface area contributed by atoms with Gasteiger partial charge in [-0.05, 0) is 43.0 Å². The summed E-state index contributed by atoms with van der Waals surface area (Å²) in [5.41, 5.74) is 6.80. The van der Waals surface area contributed by atoms with Gasteiger partial charge in [0.25, 0.3) is 6.34 Å². The minimum atomic E-state index is -0.138. The highest BCUT2D eigenvalue weighted by molar-refractivity contribution is 8.00. The van der Waals surface area contributed by atoms with Crippen LogP contribution >= 0.6 is 11.8 Å². The number of rotatable bonds is 5. The van der Waals surface area contributed by atoms with Gasteiger partial charge >= 0.3 is 0 Å². The second kappa shape index (κ2) is 7.44. The van der Waals surface area contributed by atoms with E-state index in [4.69, 9.17) is 10.5 Å². The first-order chi connectivity index (χ1) is 12.7. The molecular formula is C18H25FN5OS+. The molecule has 4 rings (SSSR count). The minimum absolute atomic E-state index is 0.0165. The van der Waals surface area contributed by atoms with Gasteiger partial charge in [-0.25, -0.2) is 4.39 Å². The zero-order valence-corrected chi connectivity index (χ0v) is 15.7. The molecule has 0 amide bonds. The van der Waals surface area contributed by atoms with E-state index in [0.29, 0.717) is 24.5 Å². The highest BCUT2D eigenvalue weighted by Crippen LogP contribution is 2.45. The highest BCUT2D eigenvalue weighted by Gasteiger charge is 2.41. The van der Waals surface area contributed by atoms with Gasteiger partial charge in [0, 0.05) is 17.5 Å². The predicted molar refractivity (Wildman–Crippen MR) is 104 cm³/mol. The Kier molecular flexibility index (Phi) is 5.04. The third-order valence-electron chi connectivity index (χ3n) is 5.30. The molecule has 1 aromatic rings. The van der Waals surface area contributed by atoms with E-state index in [-0.39, 0.29) is 18.1 Å². The molecule has 3 fully saturated rings. The number of nitrogens with one attached hydrogen (secondary N) is 1. The Balaban J connectivity index is 1.45. The number of hydrogen-bond donors (Lipinski definition) is 2. The molecule has 26 heavy (non-hydrogen) atoms. The van der Waals surface area contributed by atoms with Crippen LogP contribution in [0.25, 0.3) is 0 Å². The van der Waals surface area contributed by atoms with Crippen LogP contribution in [-0.2, 0) is 4.74 Å². The zero-order valence-electron chi connectivity index (χ0n) is 14.8. The van der Waals surface area contributed by atoms with Gasteiger partial charge < -0.3 is 20.3 Å². The average Bonchev–Trinajstić information content (AvgIpc) is 3.33. The second-order valence-corrected chi connectivity index (χ2v) is 8.12. The number of benzene rings is 1. The van der Waals surface area contributed by atoms with Crippen molar-refractivity contribution in [1.29, 1.82) is 0 Å². The van der Waals surface area contributed by atoms with Crippen LogP contribution in [0.2, 0.25) is 0 Å². The van der Waals surface area contributed by atoms with E-state index in [1.54, 1.807) is 12.4 Å². The van der Waals surface area contributed by atoms with E-state index in [1.165, 1.54) is 12.8 Å². The third kappa shape index (κ3) is 3.27. The van der Waals surface area contributed by atoms with Crippen molar-refractivity contribution in [3.8, 4) is 0 Å². The molecule has 3 N–H and O–H groups in total. The Bertz CT molecular complexity index is 695. The van der Waals surface area contributed by atoms with Crippen molar-refractivity contribution in [2.75, 3.05) is 28.6 Å². The normalized spacial score (nSPS) is 31.2. The molecule has 140 valence electrons. The first kappa shape index (κ1) is 17.6. The number of nitrogens with zero attached hydrogens (tertiary/aromatic N) is 3. The molecule has 0 radical (unpaired) electrons. The maximum Gasteiger partial charge on any atom is 0.281 e. The second-order valence-electron chi connectivity index (χ2n) is 6.91. The van der Waals surface area contributed by atoms with Crippen LogP contribution < -0.4 is 20.5 Å². The van der Waals surface area contributed by atoms with Gasteiger partial charge in [-0.1, -0.05) is 0 Å². The van der Waals surface area contributed by atoms with E-state index in [2.05, 4.69) is 19.8 Å². The van der Waals surface area contributed by atoms with Crippen molar-refractivity contribution in [3.63, 3.8) is 0 Å². The summed E-state index contributed by atoms with van der Waals surface area (Å²) < 4.78 is 20.8. The smallest absolute Gasteiger partial charge is 0.281 e. The van der Waals surface area contributed by atoms with E-state index in [0.717, 1.165) is 23.5 Å². The summed E-state index contributed by atoms with van der Waals surface area (Å²) >= 11 is 1.95. The molecular weight excluding hydrogens is 353 g/mol. The quantitative estimate of drug-likeness (QED) is 0.577. The maximum absolute atomic E-state index is 14.9. The van der Waals surface area contributed by atoms with Crippen molar-refractivity contribution >= 4 is 35.8 Å². The topological polar surface area (TPSA) is 68.1 Å². The van der Waals surface area contributed by atoms with Crippen LogP contribution in [-0.4, -0.2) is 55.3 Å². The summed E-state index contributed by atoms with van der Waals surface area (Å²) in [5, 5.41) is 0.442. The van der Waals surface area contributed by atoms with Gasteiger partial charge in [-0.15, -0.1) is 11.8 Å². The Morgan fingerprint density at radius 1 is 1.46 bits per heavy atom. The molecule has 3 heterocycles. The zero-order chi connectivity index (χ0) is 18.1. The molecule has 3 aliphatic heterocycles. The number of fused-ring (bicyclic) bond motifs is 2. The summed E-state index contributed by atoms with van der Waals surface area (Å²) in [6, 6.07) is 6.09. The lowest BCUT2D eigenvalue weighted by Crippen LogP contribution is -2.72. The van der Waals surface area contributed by atoms with E-state index in [1.807, 2.05) is 30.8 Å². The SMILES string of the molecule is CC1OC(C[NH+]=CN=CN)CN1c1ccc(N2C3CCC2SC3)c(F)c1. The van der Waals surface area contributed by atoms with Crippen LogP contribution in [0.4, 0.5) is 15.8 Å². The van der Waals surface area contributed by atoms with Gasteiger partial charge in [0.15, 0.2) is 0 Å². The lowest BCUT2D eigenvalue weighted by atomic mass is 10.2. The molecule has 2 bridgehead atoms. The number of ether oxygens (including phenoxy) is 1. The molecule has 3 saturated heterocycles. The molecule has 0 aromatic heterocycles. The number of hydrogen-bond acceptors (Lipinski definition) is 4. The summed E-state index contributed by atoms with van der Waals surface area (Å²) in [4.78, 5) is 11.2. The molecule has 0 aliphatic carbocycles. The van der Waals surface area contributed by atoms with Gasteiger partial charge in [-0.2, -0.15) is 0 Å². The Labute approximate surface area is 157 Å². The van der Waals surface area contributed by atoms with Crippen LogP contribution in [0, 0.1) is 5.82 Å². The van der Waals surface area contributed by atoms with E-state index >= 15 is 0 Å². The lowest BCUT2D eigenvalue weighted by Gasteiger charge is -2.26. The Hall–Kier alpha value is -1.80. The van der Waals surface area contributed by atoms with E-state index in [9.17, 15) is 4.39 Å². The largest absolute Gasteiger partial charge is 0.369 e. The average molecular weight is 378 g/mol. The standard InChI is InChI=1S/C18H24FN5OS/c1-12-23(8-15(25-12)7-21-11-22-10-20)13-2-4-17(16(19)6-13)24-14-3-5-18(24)26-9-14/h2,4,6,10-12,14-15,18H,3,5,7-9H2,1H3,(H2,20,21,22)/p+1. The van der Waals surface area contributed by atoms with Crippen molar-refractivity contribution in [2.45, 2.75) is 43.5 Å². The number of aliphatic imine (C=N–C) groups is 1. The molecule has 1 aromatic carbocycles. The monoisotopic (exact) mass is 378 g/mol. The van der Waals surface area contributed by atoms with Gasteiger partial charge in [0.2, 0.25) is 6.34 Å². The highest BCUT2D eigenvalue weighted by atomic mass is 32.2. The number of nitrogens with two attached hydrogens (primary N) is 1. The van der Waals surface area contributed by atoms with Crippen molar-refractivity contribution in [3.05, 3.63) is 24.0 Å².